The van der Waals surface area contributed by atoms with E-state index in [4.69, 9.17) is 25.5 Å². The first-order chi connectivity index (χ1) is 20.3. The maximum atomic E-state index is 14.7. The molecule has 1 aromatic heterocycles. The smallest absolute Gasteiger partial charge is 0.475 e. The van der Waals surface area contributed by atoms with Crippen molar-refractivity contribution in [3.05, 3.63) is 52.3 Å². The minimum Gasteiger partial charge on any atom is -0.475 e. The second-order valence-electron chi connectivity index (χ2n) is 9.39. The van der Waals surface area contributed by atoms with E-state index >= 15 is 0 Å². The Bertz CT molecular complexity index is 1350. The number of likely N-dealkylation sites (tertiary alicyclic amines) is 1. The summed E-state index contributed by atoms with van der Waals surface area (Å²) in [6.45, 7) is 2.67. The average Bonchev–Trinajstić information content (AvgIpc) is 3.68. The van der Waals surface area contributed by atoms with Crippen molar-refractivity contribution in [1.29, 1.82) is 0 Å². The molecule has 2 aliphatic rings. The van der Waals surface area contributed by atoms with Crippen LogP contribution in [0.25, 0.3) is 6.08 Å². The molecule has 0 amide bonds. The van der Waals surface area contributed by atoms with Crippen molar-refractivity contribution in [1.82, 2.24) is 9.88 Å². The van der Waals surface area contributed by atoms with Gasteiger partial charge in [-0.05, 0) is 37.0 Å². The number of carboxylic acids is 2. The molecule has 2 unspecified atom stereocenters. The fourth-order valence-corrected chi connectivity index (χ4v) is 5.39. The number of piperidine rings is 1. The van der Waals surface area contributed by atoms with E-state index in [0.717, 1.165) is 24.1 Å². The number of nitrogens with zero attached hydrogens (tertiary/aromatic N) is 2. The summed E-state index contributed by atoms with van der Waals surface area (Å²) >= 11 is 2.66. The minimum absolute atomic E-state index is 0.0129. The van der Waals surface area contributed by atoms with Gasteiger partial charge >= 0.3 is 24.3 Å². The summed E-state index contributed by atoms with van der Waals surface area (Å²) in [5, 5.41) is 16.7. The number of nitrogen functional groups attached to an aromatic ring is 1. The molecule has 0 radical (unpaired) electrons. The molecule has 4 N–H and O–H groups in total. The first kappa shape index (κ1) is 36.7. The van der Waals surface area contributed by atoms with Gasteiger partial charge in [-0.2, -0.15) is 26.3 Å². The molecule has 2 atom stereocenters. The predicted molar refractivity (Wildman–Crippen MR) is 147 cm³/mol. The highest BCUT2D eigenvalue weighted by atomic mass is 32.2. The van der Waals surface area contributed by atoms with Crippen LogP contribution < -0.4 is 5.73 Å². The molecule has 1 aliphatic carbocycles. The number of carboxylic acid groups (broad SMARTS) is 2. The average molecular weight is 674 g/mol. The van der Waals surface area contributed by atoms with E-state index in [2.05, 4.69) is 9.88 Å². The maximum absolute atomic E-state index is 14.7. The molecule has 44 heavy (non-hydrogen) atoms. The van der Waals surface area contributed by atoms with Crippen LogP contribution in [0.1, 0.15) is 43.5 Å². The van der Waals surface area contributed by atoms with E-state index < -0.39 is 30.3 Å². The van der Waals surface area contributed by atoms with Crippen molar-refractivity contribution < 1.29 is 60.1 Å². The Balaban J connectivity index is 0.000000402. The second-order valence-corrected chi connectivity index (χ2v) is 11.7. The fourth-order valence-electron chi connectivity index (χ4n) is 3.95. The third-order valence-corrected chi connectivity index (χ3v) is 7.81. The van der Waals surface area contributed by atoms with E-state index in [1.807, 2.05) is 11.5 Å². The third-order valence-electron chi connectivity index (χ3n) is 5.96. The van der Waals surface area contributed by atoms with Crippen molar-refractivity contribution >= 4 is 57.1 Å². The number of aliphatic carboxylic acids is 2. The van der Waals surface area contributed by atoms with Gasteiger partial charge in [-0.3, -0.25) is 14.5 Å². The lowest BCUT2D eigenvalue weighted by molar-refractivity contribution is -0.193. The zero-order valence-corrected chi connectivity index (χ0v) is 24.3. The number of hydrogen-bond acceptors (Lipinski definition) is 9. The summed E-state index contributed by atoms with van der Waals surface area (Å²) in [4.78, 5) is 49.1. The summed E-state index contributed by atoms with van der Waals surface area (Å²) in [6, 6.07) is 5.94. The normalized spacial score (nSPS) is 18.7. The Kier molecular flexibility index (Phi) is 12.9. The number of carbonyl (C=O) groups is 4. The van der Waals surface area contributed by atoms with E-state index in [9.17, 15) is 40.3 Å². The molecule has 1 aliphatic heterocycles. The van der Waals surface area contributed by atoms with Crippen LogP contribution in [-0.2, 0) is 19.2 Å². The highest BCUT2D eigenvalue weighted by Crippen LogP contribution is 2.40. The standard InChI is InChI=1S/C22H24FN3O2S2.2C2HF3O2/c1-13(27)30-19-8-9-26(11-15(19)10-16-12-29-22(24)25-16)20(21(28)14-6-7-14)17-4-2-3-5-18(17)23;2*3-2(4,5)1(6)7/h2-5,10,12,14,19-20H,6-9,11H2,1H3,(H2,24,25);2*(H,6,7)/b15-10+;;. The lowest BCUT2D eigenvalue weighted by atomic mass is 9.93. The van der Waals surface area contributed by atoms with Crippen LogP contribution >= 0.6 is 23.1 Å². The summed E-state index contributed by atoms with van der Waals surface area (Å²) < 4.78 is 78.1. The number of halogens is 7. The van der Waals surface area contributed by atoms with Crippen LogP contribution in [0.4, 0.5) is 35.9 Å². The van der Waals surface area contributed by atoms with Crippen molar-refractivity contribution in [2.75, 3.05) is 18.8 Å². The van der Waals surface area contributed by atoms with Gasteiger partial charge in [0.05, 0.1) is 11.7 Å². The number of nitrogens with two attached hydrogens (primary N) is 1. The largest absolute Gasteiger partial charge is 0.490 e. The molecule has 242 valence electrons. The van der Waals surface area contributed by atoms with E-state index in [1.54, 1.807) is 25.1 Å². The van der Waals surface area contributed by atoms with E-state index in [-0.39, 0.29) is 27.9 Å². The Morgan fingerprint density at radius 1 is 1.05 bits per heavy atom. The topological polar surface area (TPSA) is 151 Å². The molecular weight excluding hydrogens is 647 g/mol. The van der Waals surface area contributed by atoms with Crippen LogP contribution in [0.5, 0.6) is 0 Å². The molecule has 2 fully saturated rings. The Morgan fingerprint density at radius 3 is 2.02 bits per heavy atom. The van der Waals surface area contributed by atoms with E-state index in [0.29, 0.717) is 30.2 Å². The van der Waals surface area contributed by atoms with Crippen LogP contribution in [-0.4, -0.2) is 73.6 Å². The highest BCUT2D eigenvalue weighted by Gasteiger charge is 2.42. The molecule has 0 spiro atoms. The van der Waals surface area contributed by atoms with E-state index in [1.165, 1.54) is 29.2 Å². The van der Waals surface area contributed by atoms with Crippen LogP contribution in [0.2, 0.25) is 0 Å². The van der Waals surface area contributed by atoms with Crippen LogP contribution in [0, 0.1) is 11.7 Å². The second kappa shape index (κ2) is 15.5. The van der Waals surface area contributed by atoms with Crippen molar-refractivity contribution in [2.24, 2.45) is 5.92 Å². The number of thioether (sulfide) groups is 1. The van der Waals surface area contributed by atoms with Crippen molar-refractivity contribution in [3.63, 3.8) is 0 Å². The lowest BCUT2D eigenvalue weighted by Crippen LogP contribution is -2.43. The number of alkyl halides is 6. The molecule has 4 rings (SSSR count). The van der Waals surface area contributed by atoms with Gasteiger partial charge in [0, 0.05) is 42.1 Å². The molecule has 1 aromatic carbocycles. The number of thiazole rings is 1. The number of carbonyl (C=O) groups excluding carboxylic acids is 2. The number of rotatable bonds is 6. The van der Waals surface area contributed by atoms with Crippen molar-refractivity contribution in [3.8, 4) is 0 Å². The van der Waals surface area contributed by atoms with Crippen LogP contribution in [0.3, 0.4) is 0 Å². The van der Waals surface area contributed by atoms with Gasteiger partial charge in [0.1, 0.15) is 5.82 Å². The number of aromatic nitrogens is 1. The highest BCUT2D eigenvalue weighted by molar-refractivity contribution is 8.14. The predicted octanol–water partition coefficient (Wildman–Crippen LogP) is 5.59. The van der Waals surface area contributed by atoms with Gasteiger partial charge < -0.3 is 15.9 Å². The minimum atomic E-state index is -5.08. The van der Waals surface area contributed by atoms with Gasteiger partial charge in [0.2, 0.25) is 0 Å². The Morgan fingerprint density at radius 2 is 1.59 bits per heavy atom. The third kappa shape index (κ3) is 11.5. The molecule has 2 aromatic rings. The Labute approximate surface area is 253 Å². The summed E-state index contributed by atoms with van der Waals surface area (Å²) in [5.41, 5.74) is 7.96. The summed E-state index contributed by atoms with van der Waals surface area (Å²) in [5.74, 6) is -5.76. The van der Waals surface area contributed by atoms with Gasteiger partial charge in [-0.15, -0.1) is 11.3 Å². The zero-order chi connectivity index (χ0) is 33.4. The molecule has 0 bridgehead atoms. The quantitative estimate of drug-likeness (QED) is 0.331. The number of Topliss-reactive ketones (excluding diaryl/α,β-unsaturated/α-hetero) is 1. The van der Waals surface area contributed by atoms with Gasteiger partial charge in [-0.1, -0.05) is 30.0 Å². The number of hydrogen-bond donors (Lipinski definition) is 3. The molecular formula is C26H26F7N3O6S2. The van der Waals surface area contributed by atoms with Crippen LogP contribution in [0.15, 0.2) is 35.2 Å². The van der Waals surface area contributed by atoms with Gasteiger partial charge in [0.25, 0.3) is 0 Å². The lowest BCUT2D eigenvalue weighted by Gasteiger charge is -2.38. The first-order valence-corrected chi connectivity index (χ1v) is 14.3. The molecule has 1 saturated carbocycles. The van der Waals surface area contributed by atoms with Gasteiger partial charge in [-0.25, -0.2) is 19.0 Å². The summed E-state index contributed by atoms with van der Waals surface area (Å²) in [7, 11) is 0. The van der Waals surface area contributed by atoms with Crippen molar-refractivity contribution in [2.45, 2.75) is 49.8 Å². The SMILES string of the molecule is CC(=O)SC1CCN(C(C(=O)C2CC2)c2ccccc2F)C/C1=C\c1csc(N)n1.O=C(O)C(F)(F)F.O=C(O)C(F)(F)F. The first-order valence-electron chi connectivity index (χ1n) is 12.5. The summed E-state index contributed by atoms with van der Waals surface area (Å²) in [6.07, 6.45) is -5.75. The molecule has 2 heterocycles. The fraction of sp³-hybridized carbons (Fsp3) is 0.423. The van der Waals surface area contributed by atoms with Gasteiger partial charge in [0.15, 0.2) is 16.0 Å². The molecule has 9 nitrogen and oxygen atoms in total. The Hall–Kier alpha value is -3.51. The number of anilines is 1. The molecule has 18 heteroatoms. The number of ketones is 1. The number of benzene rings is 1. The molecule has 1 saturated heterocycles. The maximum Gasteiger partial charge on any atom is 0.490 e. The zero-order valence-electron chi connectivity index (χ0n) is 22.7. The monoisotopic (exact) mass is 673 g/mol.